The van der Waals surface area contributed by atoms with Crippen LogP contribution in [0.4, 0.5) is 10.3 Å². The molecule has 0 radical (unpaired) electrons. The molecule has 0 aliphatic heterocycles. The Morgan fingerprint density at radius 1 is 1.24 bits per heavy atom. The Labute approximate surface area is 141 Å². The van der Waals surface area contributed by atoms with Crippen LogP contribution < -0.4 is 11.0 Å². The van der Waals surface area contributed by atoms with Gasteiger partial charge in [-0.2, -0.15) is 4.98 Å². The number of benzene rings is 1. The van der Waals surface area contributed by atoms with Gasteiger partial charge < -0.3 is 14.7 Å². The van der Waals surface area contributed by atoms with Crippen LogP contribution in [0.1, 0.15) is 5.56 Å². The number of aromatic amines is 1. The molecule has 4 rings (SSSR count). The molecule has 0 aliphatic rings. The van der Waals surface area contributed by atoms with Crippen molar-refractivity contribution >= 4 is 17.1 Å². The maximum Gasteiger partial charge on any atom is 0.328 e. The predicted octanol–water partition coefficient (Wildman–Crippen LogP) is 2.61. The van der Waals surface area contributed by atoms with E-state index in [1.165, 1.54) is 16.9 Å². The van der Waals surface area contributed by atoms with Gasteiger partial charge in [0.25, 0.3) is 0 Å². The van der Waals surface area contributed by atoms with Gasteiger partial charge in [-0.15, -0.1) is 0 Å². The molecule has 0 saturated carbocycles. The van der Waals surface area contributed by atoms with Crippen molar-refractivity contribution in [3.8, 4) is 11.5 Å². The second-order valence-corrected chi connectivity index (χ2v) is 5.43. The van der Waals surface area contributed by atoms with Crippen LogP contribution in [0, 0.1) is 5.82 Å². The molecule has 0 aliphatic carbocycles. The largest absolute Gasteiger partial charge is 0.463 e. The summed E-state index contributed by atoms with van der Waals surface area (Å²) in [6.45, 7) is 0.0588. The van der Waals surface area contributed by atoms with E-state index in [9.17, 15) is 9.18 Å². The van der Waals surface area contributed by atoms with Gasteiger partial charge in [-0.1, -0.05) is 18.2 Å². The van der Waals surface area contributed by atoms with Crippen LogP contribution in [-0.2, 0) is 6.54 Å². The number of nitrogens with zero attached hydrogens (tertiary/aromatic N) is 3. The number of nitrogens with one attached hydrogen (secondary N) is 2. The number of hydrogen-bond acceptors (Lipinski definition) is 5. The third-order valence-electron chi connectivity index (χ3n) is 3.89. The zero-order valence-corrected chi connectivity index (χ0v) is 13.3. The number of aromatic nitrogens is 4. The number of fused-ring (bicyclic) bond motifs is 1. The Morgan fingerprint density at radius 2 is 2.08 bits per heavy atom. The standard InChI is InChI=1S/C17H14FN5O2/c1-19-16-20-13(12-7-4-8-25-12)14-15(22-16)23(17(24)21-14)9-10-5-2-3-6-11(10)18/h2-8H,9H2,1H3,(H,21,24)(H,19,20,22). The molecule has 8 heteroatoms. The number of H-pyrrole nitrogens is 1. The fraction of sp³-hybridized carbons (Fsp3) is 0.118. The number of anilines is 1. The molecule has 0 atom stereocenters. The van der Waals surface area contributed by atoms with Crippen molar-refractivity contribution in [2.45, 2.75) is 6.54 Å². The molecule has 4 aromatic rings. The molecule has 0 unspecified atom stereocenters. The highest BCUT2D eigenvalue weighted by molar-refractivity contribution is 5.86. The normalized spacial score (nSPS) is 11.1. The van der Waals surface area contributed by atoms with Gasteiger partial charge in [0.1, 0.15) is 17.0 Å². The summed E-state index contributed by atoms with van der Waals surface area (Å²) in [5.74, 6) is 0.460. The third-order valence-corrected chi connectivity index (χ3v) is 3.89. The number of furan rings is 1. The molecule has 3 heterocycles. The summed E-state index contributed by atoms with van der Waals surface area (Å²) in [5.41, 5.74) is 1.28. The minimum atomic E-state index is -0.395. The van der Waals surface area contributed by atoms with Gasteiger partial charge in [0.2, 0.25) is 5.95 Å². The Morgan fingerprint density at radius 3 is 2.80 bits per heavy atom. The average molecular weight is 339 g/mol. The zero-order chi connectivity index (χ0) is 17.4. The topological polar surface area (TPSA) is 88.7 Å². The minimum Gasteiger partial charge on any atom is -0.463 e. The van der Waals surface area contributed by atoms with Crippen LogP contribution in [0.5, 0.6) is 0 Å². The van der Waals surface area contributed by atoms with Gasteiger partial charge in [-0.3, -0.25) is 4.57 Å². The predicted molar refractivity (Wildman–Crippen MR) is 90.9 cm³/mol. The first-order valence-corrected chi connectivity index (χ1v) is 7.63. The van der Waals surface area contributed by atoms with Crippen molar-refractivity contribution in [3.63, 3.8) is 0 Å². The maximum absolute atomic E-state index is 14.0. The van der Waals surface area contributed by atoms with E-state index < -0.39 is 5.69 Å². The van der Waals surface area contributed by atoms with E-state index in [1.807, 2.05) is 0 Å². The van der Waals surface area contributed by atoms with Gasteiger partial charge in [-0.25, -0.2) is 14.2 Å². The van der Waals surface area contributed by atoms with Gasteiger partial charge in [-0.05, 0) is 18.2 Å². The summed E-state index contributed by atoms with van der Waals surface area (Å²) < 4.78 is 20.8. The smallest absolute Gasteiger partial charge is 0.328 e. The number of rotatable bonds is 4. The van der Waals surface area contributed by atoms with E-state index in [0.717, 1.165) is 0 Å². The van der Waals surface area contributed by atoms with Gasteiger partial charge >= 0.3 is 5.69 Å². The highest BCUT2D eigenvalue weighted by atomic mass is 19.1. The Hall–Kier alpha value is -3.42. The molecule has 25 heavy (non-hydrogen) atoms. The minimum absolute atomic E-state index is 0.0588. The van der Waals surface area contributed by atoms with Gasteiger partial charge in [0.05, 0.1) is 12.8 Å². The quantitative estimate of drug-likeness (QED) is 0.597. The Balaban J connectivity index is 1.94. The highest BCUT2D eigenvalue weighted by Crippen LogP contribution is 2.26. The third kappa shape index (κ3) is 2.57. The molecule has 0 saturated heterocycles. The van der Waals surface area contributed by atoms with Crippen LogP contribution in [0.3, 0.4) is 0 Å². The lowest BCUT2D eigenvalue weighted by Crippen LogP contribution is -2.18. The van der Waals surface area contributed by atoms with E-state index in [2.05, 4.69) is 20.3 Å². The van der Waals surface area contributed by atoms with Crippen molar-refractivity contribution in [1.29, 1.82) is 0 Å². The average Bonchev–Trinajstić information content (AvgIpc) is 3.25. The molecule has 0 amide bonds. The molecule has 2 N–H and O–H groups in total. The summed E-state index contributed by atoms with van der Waals surface area (Å²) in [5, 5.41) is 2.87. The van der Waals surface area contributed by atoms with Crippen molar-refractivity contribution in [3.05, 3.63) is 64.5 Å². The van der Waals surface area contributed by atoms with Gasteiger partial charge in [0.15, 0.2) is 11.4 Å². The molecule has 0 fully saturated rings. The summed E-state index contributed by atoms with van der Waals surface area (Å²) in [4.78, 5) is 23.9. The van der Waals surface area contributed by atoms with Crippen LogP contribution in [0.25, 0.3) is 22.6 Å². The molecular weight excluding hydrogens is 325 g/mol. The fourth-order valence-corrected chi connectivity index (χ4v) is 2.68. The van der Waals surface area contributed by atoms with Crippen molar-refractivity contribution < 1.29 is 8.81 Å². The van der Waals surface area contributed by atoms with Crippen molar-refractivity contribution in [2.24, 2.45) is 0 Å². The lowest BCUT2D eigenvalue weighted by Gasteiger charge is -2.07. The second-order valence-electron chi connectivity index (χ2n) is 5.43. The van der Waals surface area contributed by atoms with E-state index in [-0.39, 0.29) is 12.4 Å². The molecule has 3 aromatic heterocycles. The second kappa shape index (κ2) is 5.90. The first kappa shape index (κ1) is 15.1. The monoisotopic (exact) mass is 339 g/mol. The molecule has 7 nitrogen and oxygen atoms in total. The summed E-state index contributed by atoms with van der Waals surface area (Å²) >= 11 is 0. The number of imidazole rings is 1. The molecular formula is C17H14FN5O2. The van der Waals surface area contributed by atoms with Crippen LogP contribution >= 0.6 is 0 Å². The highest BCUT2D eigenvalue weighted by Gasteiger charge is 2.18. The van der Waals surface area contributed by atoms with Crippen LogP contribution in [0.2, 0.25) is 0 Å². The summed E-state index contributed by atoms with van der Waals surface area (Å²) in [7, 11) is 1.68. The first-order valence-electron chi connectivity index (χ1n) is 7.63. The number of hydrogen-bond donors (Lipinski definition) is 2. The summed E-state index contributed by atoms with van der Waals surface area (Å²) in [6, 6.07) is 9.80. The van der Waals surface area contributed by atoms with Crippen molar-refractivity contribution in [1.82, 2.24) is 19.5 Å². The Kier molecular flexibility index (Phi) is 3.57. The fourth-order valence-electron chi connectivity index (χ4n) is 2.68. The lowest BCUT2D eigenvalue weighted by molar-refractivity contribution is 0.580. The molecule has 126 valence electrons. The van der Waals surface area contributed by atoms with E-state index in [0.29, 0.717) is 34.1 Å². The van der Waals surface area contributed by atoms with Gasteiger partial charge in [0, 0.05) is 12.6 Å². The van der Waals surface area contributed by atoms with Crippen LogP contribution in [-0.4, -0.2) is 26.6 Å². The van der Waals surface area contributed by atoms with E-state index in [1.54, 1.807) is 37.4 Å². The van der Waals surface area contributed by atoms with E-state index >= 15 is 0 Å². The van der Waals surface area contributed by atoms with Crippen LogP contribution in [0.15, 0.2) is 51.9 Å². The zero-order valence-electron chi connectivity index (χ0n) is 13.3. The maximum atomic E-state index is 14.0. The summed E-state index contributed by atoms with van der Waals surface area (Å²) in [6.07, 6.45) is 1.52. The molecule has 0 bridgehead atoms. The van der Waals surface area contributed by atoms with Crippen molar-refractivity contribution in [2.75, 3.05) is 12.4 Å². The first-order chi connectivity index (χ1) is 12.2. The SMILES string of the molecule is CNc1nc(-c2ccco2)c2[nH]c(=O)n(Cc3ccccc3F)c2n1. The van der Waals surface area contributed by atoms with E-state index in [4.69, 9.17) is 4.42 Å². The lowest BCUT2D eigenvalue weighted by atomic mass is 10.2. The number of halogens is 1. The molecule has 0 spiro atoms. The molecule has 1 aromatic carbocycles. The Bertz CT molecular complexity index is 1100.